The summed E-state index contributed by atoms with van der Waals surface area (Å²) >= 11 is 1.64. The van der Waals surface area contributed by atoms with Gasteiger partial charge in [-0.15, -0.1) is 0 Å². The van der Waals surface area contributed by atoms with E-state index >= 15 is 0 Å². The van der Waals surface area contributed by atoms with Gasteiger partial charge in [-0.3, -0.25) is 9.59 Å². The highest BCUT2D eigenvalue weighted by atomic mass is 32.2. The molecule has 1 atom stereocenters. The second-order valence-corrected chi connectivity index (χ2v) is 15.1. The fourth-order valence-electron chi connectivity index (χ4n) is 6.01. The number of nitrogens with one attached hydrogen (secondary N) is 1. The van der Waals surface area contributed by atoms with Crippen LogP contribution in [0.1, 0.15) is 62.9 Å². The average Bonchev–Trinajstić information content (AvgIpc) is 3.50. The third-order valence-electron chi connectivity index (χ3n) is 8.45. The lowest BCUT2D eigenvalue weighted by atomic mass is 9.84. The fourth-order valence-corrected chi connectivity index (χ4v) is 7.67. The summed E-state index contributed by atoms with van der Waals surface area (Å²) < 4.78 is 36.3. The van der Waals surface area contributed by atoms with Gasteiger partial charge in [0.25, 0.3) is 5.01 Å². The van der Waals surface area contributed by atoms with Gasteiger partial charge < -0.3 is 25.0 Å². The van der Waals surface area contributed by atoms with Gasteiger partial charge in [-0.1, -0.05) is 85.9 Å². The Labute approximate surface area is 296 Å². The molecule has 50 heavy (non-hydrogen) atoms. The second-order valence-electron chi connectivity index (χ2n) is 12.5. The molecule has 0 radical (unpaired) electrons. The van der Waals surface area contributed by atoms with E-state index in [9.17, 15) is 32.5 Å². The van der Waals surface area contributed by atoms with Crippen molar-refractivity contribution in [1.29, 1.82) is 0 Å². The molecule has 0 spiro atoms. The van der Waals surface area contributed by atoms with Crippen molar-refractivity contribution in [2.45, 2.75) is 70.4 Å². The third kappa shape index (κ3) is 10.5. The van der Waals surface area contributed by atoms with Crippen molar-refractivity contribution in [3.8, 4) is 0 Å². The minimum absolute atomic E-state index is 0.0901. The largest absolute Gasteiger partial charge is 0.748 e. The molecule has 0 saturated carbocycles. The van der Waals surface area contributed by atoms with Crippen molar-refractivity contribution in [2.75, 3.05) is 17.2 Å². The highest BCUT2D eigenvalue weighted by Crippen LogP contribution is 2.47. The number of carbonyl (C=O) groups is 3. The van der Waals surface area contributed by atoms with Crippen LogP contribution in [-0.2, 0) is 36.5 Å². The molecule has 13 heteroatoms. The van der Waals surface area contributed by atoms with Crippen molar-refractivity contribution in [1.82, 2.24) is 5.32 Å². The summed E-state index contributed by atoms with van der Waals surface area (Å²) in [5, 5.41) is 21.4. The van der Waals surface area contributed by atoms with Crippen molar-refractivity contribution < 1.29 is 42.1 Å². The van der Waals surface area contributed by atoms with Gasteiger partial charge in [0.15, 0.2) is 6.54 Å². The van der Waals surface area contributed by atoms with Gasteiger partial charge in [0.2, 0.25) is 11.4 Å². The molecule has 1 unspecified atom stereocenters. The number of hydrogen-bond acceptors (Lipinski definition) is 8. The van der Waals surface area contributed by atoms with Gasteiger partial charge in [-0.05, 0) is 43.0 Å². The summed E-state index contributed by atoms with van der Waals surface area (Å²) in [5.74, 6) is -3.52. The standard InChI is InChI=1S/C37H43N3O8S2/c1-37(2)27-16-8-9-17-29(27)39(23-13-12-21-33(41)38-28(36(44)45)26-35(42)43)32(37)20-6-4-3-5-7-22-34-40(24-14-15-25-50(46,47)48)30-18-10-11-19-31(30)49-34/h3-11,16-20,22,28H,12-15,21,23-26H2,1-2H3,(H3-,38,41,42,43,44,45,46,47,48). The molecule has 0 saturated heterocycles. The molecule has 11 nitrogen and oxygen atoms in total. The number of aliphatic carboxylic acids is 2. The number of allylic oxidation sites excluding steroid dienone is 7. The Bertz CT molecular complexity index is 1920. The van der Waals surface area contributed by atoms with E-state index in [2.05, 4.69) is 46.8 Å². The molecule has 1 aliphatic heterocycles. The maximum Gasteiger partial charge on any atom is 0.326 e. The normalized spacial score (nSPS) is 15.8. The molecule has 0 fully saturated rings. The van der Waals surface area contributed by atoms with Crippen LogP contribution in [0.5, 0.6) is 0 Å². The number of amides is 1. The number of rotatable bonds is 18. The van der Waals surface area contributed by atoms with Gasteiger partial charge in [-0.2, -0.15) is 4.57 Å². The number of fused-ring (bicyclic) bond motifs is 2. The lowest BCUT2D eigenvalue weighted by Gasteiger charge is -2.27. The number of unbranched alkanes of at least 4 members (excludes halogenated alkanes) is 2. The zero-order chi connectivity index (χ0) is 36.3. The molecule has 3 N–H and O–H groups in total. The van der Waals surface area contributed by atoms with Crippen LogP contribution in [0.2, 0.25) is 0 Å². The van der Waals surface area contributed by atoms with Crippen LogP contribution in [0.3, 0.4) is 0 Å². The van der Waals surface area contributed by atoms with Gasteiger partial charge in [0.1, 0.15) is 10.7 Å². The number of nitrogens with zero attached hydrogens (tertiary/aromatic N) is 2. The van der Waals surface area contributed by atoms with Crippen molar-refractivity contribution in [2.24, 2.45) is 0 Å². The SMILES string of the molecule is CC1(C)\C(=C/C=C/C=C/C=C/c2sc3ccccc3[n+]2CCCCS(=O)(=O)[O-])N(CCCCC(=O)NC(CC(=O)O)C(=O)O)c2ccccc21. The van der Waals surface area contributed by atoms with Crippen LogP contribution in [-0.4, -0.2) is 59.4 Å². The summed E-state index contributed by atoms with van der Waals surface area (Å²) in [4.78, 5) is 36.8. The van der Waals surface area contributed by atoms with E-state index in [4.69, 9.17) is 5.11 Å². The lowest BCUT2D eigenvalue weighted by molar-refractivity contribution is -0.669. The highest BCUT2D eigenvalue weighted by molar-refractivity contribution is 7.85. The van der Waals surface area contributed by atoms with Gasteiger partial charge in [0, 0.05) is 54.1 Å². The Morgan fingerprint density at radius 2 is 1.66 bits per heavy atom. The minimum Gasteiger partial charge on any atom is -0.748 e. The van der Waals surface area contributed by atoms with Crippen LogP contribution in [0.25, 0.3) is 16.3 Å². The molecule has 3 aromatic rings. The maximum absolute atomic E-state index is 12.3. The molecular formula is C37H43N3O8S2. The molecule has 2 heterocycles. The van der Waals surface area contributed by atoms with E-state index in [-0.39, 0.29) is 17.6 Å². The number of thiazole rings is 1. The Morgan fingerprint density at radius 3 is 2.40 bits per heavy atom. The highest BCUT2D eigenvalue weighted by Gasteiger charge is 2.39. The number of carboxylic acid groups (broad SMARTS) is 2. The van der Waals surface area contributed by atoms with Crippen LogP contribution in [0, 0.1) is 0 Å². The van der Waals surface area contributed by atoms with Crippen LogP contribution >= 0.6 is 11.3 Å². The molecule has 266 valence electrons. The Morgan fingerprint density at radius 1 is 0.960 bits per heavy atom. The molecule has 1 amide bonds. The average molecular weight is 722 g/mol. The first-order valence-electron chi connectivity index (χ1n) is 16.5. The monoisotopic (exact) mass is 721 g/mol. The number of para-hydroxylation sites is 2. The number of benzene rings is 2. The quantitative estimate of drug-likeness (QED) is 0.0662. The molecule has 1 aliphatic rings. The van der Waals surface area contributed by atoms with Crippen LogP contribution in [0.15, 0.2) is 90.7 Å². The smallest absolute Gasteiger partial charge is 0.326 e. The van der Waals surface area contributed by atoms with E-state index in [0.717, 1.165) is 26.6 Å². The predicted octanol–water partition coefficient (Wildman–Crippen LogP) is 5.54. The van der Waals surface area contributed by atoms with E-state index in [1.54, 1.807) is 11.3 Å². The van der Waals surface area contributed by atoms with E-state index in [0.29, 0.717) is 38.8 Å². The first-order valence-corrected chi connectivity index (χ1v) is 18.9. The van der Waals surface area contributed by atoms with Crippen molar-refractivity contribution in [3.63, 3.8) is 0 Å². The zero-order valence-corrected chi connectivity index (χ0v) is 29.8. The van der Waals surface area contributed by atoms with E-state index in [1.807, 2.05) is 72.9 Å². The zero-order valence-electron chi connectivity index (χ0n) is 28.2. The molecule has 2 aromatic carbocycles. The summed E-state index contributed by atoms with van der Waals surface area (Å²) in [7, 11) is -4.22. The number of hydrogen-bond donors (Lipinski definition) is 3. The maximum atomic E-state index is 12.3. The summed E-state index contributed by atoms with van der Waals surface area (Å²) in [5.41, 5.74) is 4.19. The summed E-state index contributed by atoms with van der Waals surface area (Å²) in [6, 6.07) is 14.8. The van der Waals surface area contributed by atoms with Crippen molar-refractivity contribution >= 4 is 61.3 Å². The van der Waals surface area contributed by atoms with Crippen molar-refractivity contribution in [3.05, 3.63) is 101 Å². The fraction of sp³-hybridized carbons (Fsp3) is 0.351. The molecule has 0 bridgehead atoms. The number of aryl methyl sites for hydroxylation is 1. The van der Waals surface area contributed by atoms with Crippen LogP contribution in [0.4, 0.5) is 5.69 Å². The van der Waals surface area contributed by atoms with Crippen LogP contribution < -0.4 is 14.8 Å². The topological polar surface area (TPSA) is 168 Å². The Hall–Kier alpha value is -4.59. The van der Waals surface area contributed by atoms with Gasteiger partial charge >= 0.3 is 11.9 Å². The minimum atomic E-state index is -4.22. The molecular weight excluding hydrogens is 679 g/mol. The van der Waals surface area contributed by atoms with E-state index in [1.165, 1.54) is 5.56 Å². The van der Waals surface area contributed by atoms with E-state index < -0.39 is 40.4 Å². The molecule has 0 aliphatic carbocycles. The molecule has 1 aromatic heterocycles. The first kappa shape index (κ1) is 38.2. The Kier molecular flexibility index (Phi) is 13.3. The first-order chi connectivity index (χ1) is 23.8. The predicted molar refractivity (Wildman–Crippen MR) is 194 cm³/mol. The molecule has 4 rings (SSSR count). The Balaban J connectivity index is 1.39. The summed E-state index contributed by atoms with van der Waals surface area (Å²) in [6.45, 7) is 5.60. The third-order valence-corrected chi connectivity index (χ3v) is 10.4. The number of anilines is 1. The second kappa shape index (κ2) is 17.4. The number of aromatic nitrogens is 1. The number of carbonyl (C=O) groups excluding carboxylic acids is 1. The van der Waals surface area contributed by atoms with Gasteiger partial charge in [-0.25, -0.2) is 13.2 Å². The number of carboxylic acids is 2. The summed E-state index contributed by atoms with van der Waals surface area (Å²) in [6.07, 6.45) is 15.4. The lowest BCUT2D eigenvalue weighted by Crippen LogP contribution is -2.42. The van der Waals surface area contributed by atoms with Gasteiger partial charge in [0.05, 0.1) is 16.5 Å².